The highest BCUT2D eigenvalue weighted by Crippen LogP contribution is 2.31. The van der Waals surface area contributed by atoms with Crippen LogP contribution in [0.5, 0.6) is 0 Å². The second kappa shape index (κ2) is 10.1. The molecular formula is C24H28ClN5O2S. The Kier molecular flexibility index (Phi) is 7.14. The molecule has 0 spiro atoms. The van der Waals surface area contributed by atoms with Gasteiger partial charge in [0, 0.05) is 10.9 Å². The fraction of sp³-hybridized carbons (Fsp3) is 0.375. The number of rotatable bonds is 4. The van der Waals surface area contributed by atoms with Crippen molar-refractivity contribution >= 4 is 39.1 Å². The van der Waals surface area contributed by atoms with Gasteiger partial charge in [0.2, 0.25) is 0 Å². The van der Waals surface area contributed by atoms with Crippen LogP contribution in [-0.2, 0) is 10.0 Å². The Bertz CT molecular complexity index is 1170. The molecule has 0 saturated heterocycles. The van der Waals surface area contributed by atoms with Crippen LogP contribution in [0.2, 0.25) is 5.02 Å². The lowest BCUT2D eigenvalue weighted by atomic mass is 9.91. The van der Waals surface area contributed by atoms with Gasteiger partial charge in [-0.3, -0.25) is 0 Å². The Labute approximate surface area is 200 Å². The second-order valence-corrected chi connectivity index (χ2v) is 10.8. The maximum absolute atomic E-state index is 13.1. The Hall–Kier alpha value is -2.71. The Morgan fingerprint density at radius 1 is 1.06 bits per heavy atom. The number of hydrogen-bond acceptors (Lipinski definition) is 3. The molecule has 2 aromatic rings. The van der Waals surface area contributed by atoms with Crippen molar-refractivity contribution in [1.82, 2.24) is 5.01 Å². The number of benzene rings is 2. The zero-order valence-corrected chi connectivity index (χ0v) is 20.1. The van der Waals surface area contributed by atoms with E-state index in [9.17, 15) is 8.42 Å². The minimum absolute atomic E-state index is 0.00506. The summed E-state index contributed by atoms with van der Waals surface area (Å²) in [6.45, 7) is 2.01. The van der Waals surface area contributed by atoms with Crippen LogP contribution in [0.15, 0.2) is 69.1 Å². The van der Waals surface area contributed by atoms with E-state index >= 15 is 0 Å². The molecule has 1 saturated carbocycles. The number of amidine groups is 1. The lowest BCUT2D eigenvalue weighted by Gasteiger charge is -2.21. The molecule has 33 heavy (non-hydrogen) atoms. The summed E-state index contributed by atoms with van der Waals surface area (Å²) in [5, 5.41) is 6.48. The van der Waals surface area contributed by atoms with E-state index in [2.05, 4.69) is 9.39 Å². The van der Waals surface area contributed by atoms with Crippen molar-refractivity contribution in [2.24, 2.45) is 20.2 Å². The highest BCUT2D eigenvalue weighted by molar-refractivity contribution is 7.90. The smallest absolute Gasteiger partial charge is 0.259 e. The van der Waals surface area contributed by atoms with E-state index in [1.807, 2.05) is 54.6 Å². The lowest BCUT2D eigenvalue weighted by Crippen LogP contribution is -2.30. The van der Waals surface area contributed by atoms with E-state index in [-0.39, 0.29) is 17.7 Å². The number of aliphatic imine (C=N–C) groups is 1. The van der Waals surface area contributed by atoms with E-state index in [1.165, 1.54) is 0 Å². The molecule has 0 radical (unpaired) electrons. The number of hydrogen-bond donors (Lipinski definition) is 1. The van der Waals surface area contributed by atoms with Gasteiger partial charge in [-0.05, 0) is 43.0 Å². The van der Waals surface area contributed by atoms with Gasteiger partial charge < -0.3 is 5.73 Å². The van der Waals surface area contributed by atoms with Crippen molar-refractivity contribution < 1.29 is 8.42 Å². The normalized spacial score (nSPS) is 20.7. The first kappa shape index (κ1) is 23.4. The summed E-state index contributed by atoms with van der Waals surface area (Å²) in [7, 11) is -3.74. The van der Waals surface area contributed by atoms with Gasteiger partial charge in [-0.25, -0.2) is 13.4 Å². The van der Waals surface area contributed by atoms with Gasteiger partial charge in [-0.1, -0.05) is 73.3 Å². The first-order chi connectivity index (χ1) is 15.8. The number of halogens is 1. The summed E-state index contributed by atoms with van der Waals surface area (Å²) in [6.07, 6.45) is 4.09. The fourth-order valence-electron chi connectivity index (χ4n) is 4.29. The zero-order valence-electron chi connectivity index (χ0n) is 18.6. The molecule has 7 nitrogen and oxygen atoms in total. The molecule has 2 N–H and O–H groups in total. The van der Waals surface area contributed by atoms with E-state index in [1.54, 1.807) is 11.9 Å². The van der Waals surface area contributed by atoms with Crippen LogP contribution in [0, 0.1) is 0 Å². The molecule has 2 aliphatic rings. The number of guanidine groups is 1. The summed E-state index contributed by atoms with van der Waals surface area (Å²) in [6, 6.07) is 17.4. The highest BCUT2D eigenvalue weighted by Gasteiger charge is 2.34. The van der Waals surface area contributed by atoms with Crippen LogP contribution in [0.25, 0.3) is 0 Å². The second-order valence-electron chi connectivity index (χ2n) is 8.46. The lowest BCUT2D eigenvalue weighted by molar-refractivity contribution is 0.466. The summed E-state index contributed by atoms with van der Waals surface area (Å²) in [5.41, 5.74) is 8.62. The average Bonchev–Trinajstić information content (AvgIpc) is 3.25. The molecule has 0 bridgehead atoms. The highest BCUT2D eigenvalue weighted by atomic mass is 35.5. The third kappa shape index (κ3) is 5.62. The fourth-order valence-corrected chi connectivity index (χ4v) is 5.86. The molecule has 1 atom stereocenters. The third-order valence-electron chi connectivity index (χ3n) is 5.95. The molecule has 2 aromatic carbocycles. The van der Waals surface area contributed by atoms with Gasteiger partial charge in [-0.15, -0.1) is 4.40 Å². The van der Waals surface area contributed by atoms with Gasteiger partial charge >= 0.3 is 0 Å². The van der Waals surface area contributed by atoms with Crippen molar-refractivity contribution in [3.63, 3.8) is 0 Å². The van der Waals surface area contributed by atoms with Gasteiger partial charge in [0.1, 0.15) is 0 Å². The number of hydrazone groups is 1. The quantitative estimate of drug-likeness (QED) is 0.507. The van der Waals surface area contributed by atoms with Crippen LogP contribution in [0.3, 0.4) is 0 Å². The molecule has 1 unspecified atom stereocenters. The van der Waals surface area contributed by atoms with Crippen LogP contribution in [0.1, 0.15) is 56.1 Å². The largest absolute Gasteiger partial charge is 0.387 e. The molecule has 174 valence electrons. The van der Waals surface area contributed by atoms with Crippen molar-refractivity contribution in [3.8, 4) is 0 Å². The predicted octanol–water partition coefficient (Wildman–Crippen LogP) is 4.54. The van der Waals surface area contributed by atoms with E-state index in [0.29, 0.717) is 24.4 Å². The SMILES string of the molecule is CC(N)=NC(=NS(=O)(=O)C1CCCCC1)N1CC(c2ccccc2)C(c2ccc(Cl)cc2)=N1. The summed E-state index contributed by atoms with van der Waals surface area (Å²) in [5.74, 6) is 0.132. The number of nitrogens with zero attached hydrogens (tertiary/aromatic N) is 4. The first-order valence-electron chi connectivity index (χ1n) is 11.1. The zero-order chi connectivity index (χ0) is 23.4. The predicted molar refractivity (Wildman–Crippen MR) is 134 cm³/mol. The van der Waals surface area contributed by atoms with Crippen molar-refractivity contribution in [2.45, 2.75) is 50.2 Å². The molecule has 0 aromatic heterocycles. The molecule has 0 amide bonds. The van der Waals surface area contributed by atoms with Crippen molar-refractivity contribution in [2.75, 3.05) is 6.54 Å². The summed E-state index contributed by atoms with van der Waals surface area (Å²) < 4.78 is 30.3. The van der Waals surface area contributed by atoms with E-state index in [0.717, 1.165) is 36.1 Å². The molecule has 1 aliphatic carbocycles. The van der Waals surface area contributed by atoms with Crippen LogP contribution >= 0.6 is 11.6 Å². The average molecular weight is 486 g/mol. The van der Waals surface area contributed by atoms with Gasteiger partial charge in [0.25, 0.3) is 16.0 Å². The maximum atomic E-state index is 13.1. The van der Waals surface area contributed by atoms with Gasteiger partial charge in [0.05, 0.1) is 23.3 Å². The number of sulfonamides is 1. The summed E-state index contributed by atoms with van der Waals surface area (Å²) in [4.78, 5) is 4.27. The minimum atomic E-state index is -3.74. The Morgan fingerprint density at radius 3 is 2.36 bits per heavy atom. The van der Waals surface area contributed by atoms with Crippen LogP contribution < -0.4 is 5.73 Å². The third-order valence-corrected chi connectivity index (χ3v) is 7.93. The topological polar surface area (TPSA) is 100 Å². The maximum Gasteiger partial charge on any atom is 0.259 e. The Morgan fingerprint density at radius 2 is 1.73 bits per heavy atom. The molecule has 4 rings (SSSR count). The van der Waals surface area contributed by atoms with E-state index in [4.69, 9.17) is 22.4 Å². The van der Waals surface area contributed by atoms with Gasteiger partial charge in [0.15, 0.2) is 0 Å². The Balaban J connectivity index is 1.75. The van der Waals surface area contributed by atoms with E-state index < -0.39 is 15.3 Å². The molecule has 1 heterocycles. The van der Waals surface area contributed by atoms with Crippen LogP contribution in [-0.4, -0.2) is 42.7 Å². The molecule has 1 aliphatic heterocycles. The first-order valence-corrected chi connectivity index (χ1v) is 13.0. The van der Waals surface area contributed by atoms with Crippen molar-refractivity contribution in [3.05, 3.63) is 70.7 Å². The summed E-state index contributed by atoms with van der Waals surface area (Å²) >= 11 is 6.09. The van der Waals surface area contributed by atoms with Gasteiger partial charge in [-0.2, -0.15) is 10.1 Å². The number of nitrogens with two attached hydrogens (primary N) is 1. The van der Waals surface area contributed by atoms with Crippen molar-refractivity contribution in [1.29, 1.82) is 0 Å². The standard InChI is InChI=1S/C24H28ClN5O2S/c1-17(26)27-24(29-33(31,32)21-10-6-3-7-11-21)30-16-22(18-8-4-2-5-9-18)23(28-30)19-12-14-20(25)15-13-19/h2,4-5,8-9,12-15,21-22H,3,6-7,10-11,16H2,1H3,(H2,26,27,29). The van der Waals surface area contributed by atoms with Crippen LogP contribution in [0.4, 0.5) is 0 Å². The molecule has 9 heteroatoms. The molecular weight excluding hydrogens is 458 g/mol. The minimum Gasteiger partial charge on any atom is -0.387 e. The monoisotopic (exact) mass is 485 g/mol. The molecule has 1 fully saturated rings.